The highest BCUT2D eigenvalue weighted by Crippen LogP contribution is 2.32. The smallest absolute Gasteiger partial charge is 0.262 e. The molecule has 1 aromatic heterocycles. The van der Waals surface area contributed by atoms with Crippen LogP contribution in [0.5, 0.6) is 0 Å². The van der Waals surface area contributed by atoms with Gasteiger partial charge in [0.25, 0.3) is 10.0 Å². The molecule has 0 radical (unpaired) electrons. The predicted molar refractivity (Wildman–Crippen MR) is 88.9 cm³/mol. The first-order valence-corrected chi connectivity index (χ1v) is 9.34. The summed E-state index contributed by atoms with van der Waals surface area (Å²) in [5, 5.41) is 3.89. The highest BCUT2D eigenvalue weighted by atomic mass is 35.5. The van der Waals surface area contributed by atoms with Crippen LogP contribution in [0.2, 0.25) is 5.02 Å². The summed E-state index contributed by atoms with van der Waals surface area (Å²) in [4.78, 5) is 4.06. The van der Waals surface area contributed by atoms with Crippen molar-refractivity contribution in [2.75, 3.05) is 19.6 Å². The topological polar surface area (TPSA) is 67.2 Å². The molecule has 1 saturated heterocycles. The predicted octanol–water partition coefficient (Wildman–Crippen LogP) is 1.89. The monoisotopic (exact) mass is 354 g/mol. The minimum absolute atomic E-state index is 0.0818. The van der Waals surface area contributed by atoms with Gasteiger partial charge in [0.1, 0.15) is 0 Å². The molecule has 1 fully saturated rings. The zero-order valence-corrected chi connectivity index (χ0v) is 14.4. The van der Waals surface area contributed by atoms with Crippen molar-refractivity contribution in [3.05, 3.63) is 47.4 Å². The molecular formula is C15H19ClN4O2S. The van der Waals surface area contributed by atoms with Crippen LogP contribution in [0, 0.1) is 0 Å². The molecule has 3 rings (SSSR count). The van der Waals surface area contributed by atoms with E-state index in [1.165, 1.54) is 4.31 Å². The molecule has 0 saturated carbocycles. The van der Waals surface area contributed by atoms with Gasteiger partial charge in [-0.25, -0.2) is 13.4 Å². The van der Waals surface area contributed by atoms with E-state index in [1.54, 1.807) is 23.2 Å². The van der Waals surface area contributed by atoms with Crippen LogP contribution in [0.15, 0.2) is 41.8 Å². The van der Waals surface area contributed by atoms with E-state index in [-0.39, 0.29) is 11.1 Å². The molecule has 1 N–H and O–H groups in total. The average molecular weight is 355 g/mol. The van der Waals surface area contributed by atoms with Crippen LogP contribution in [0.1, 0.15) is 18.5 Å². The number of sulfonamides is 1. The third-order valence-corrected chi connectivity index (χ3v) is 6.14. The number of hydrogen-bond donors (Lipinski definition) is 1. The Hall–Kier alpha value is -1.41. The van der Waals surface area contributed by atoms with Crippen molar-refractivity contribution in [1.29, 1.82) is 0 Å². The minimum Gasteiger partial charge on any atom is -0.336 e. The Kier molecular flexibility index (Phi) is 4.72. The third-order valence-electron chi connectivity index (χ3n) is 4.01. The molecule has 8 heteroatoms. The van der Waals surface area contributed by atoms with Gasteiger partial charge in [-0.15, -0.1) is 0 Å². The summed E-state index contributed by atoms with van der Waals surface area (Å²) < 4.78 is 29.2. The van der Waals surface area contributed by atoms with E-state index in [0.29, 0.717) is 31.2 Å². The lowest BCUT2D eigenvalue weighted by Crippen LogP contribution is -2.48. The maximum atomic E-state index is 13.0. The maximum absolute atomic E-state index is 13.0. The van der Waals surface area contributed by atoms with Crippen molar-refractivity contribution in [3.63, 3.8) is 0 Å². The first-order valence-electron chi connectivity index (χ1n) is 7.53. The number of benzene rings is 1. The van der Waals surface area contributed by atoms with E-state index in [1.807, 2.05) is 25.1 Å². The standard InChI is InChI=1S/C15H19ClN4O2S/c1-2-19-10-15(18-11-19)23(21,22)20-8-7-17-9-14(20)12-5-3-4-6-13(12)16/h3-6,10-11,14,17H,2,7-9H2,1H3. The SMILES string of the molecule is CCn1cnc(S(=O)(=O)N2CCNCC2c2ccccc2Cl)c1. The normalized spacial score (nSPS) is 19.8. The molecule has 0 spiro atoms. The van der Waals surface area contributed by atoms with Crippen LogP contribution in [0.3, 0.4) is 0 Å². The van der Waals surface area contributed by atoms with Crippen molar-refractivity contribution in [2.24, 2.45) is 0 Å². The maximum Gasteiger partial charge on any atom is 0.262 e. The lowest BCUT2D eigenvalue weighted by molar-refractivity contribution is 0.271. The molecule has 0 aliphatic carbocycles. The number of nitrogens with zero attached hydrogens (tertiary/aromatic N) is 3. The third kappa shape index (κ3) is 3.14. The summed E-state index contributed by atoms with van der Waals surface area (Å²) in [6.45, 7) is 4.14. The van der Waals surface area contributed by atoms with Crippen LogP contribution < -0.4 is 5.32 Å². The van der Waals surface area contributed by atoms with Crippen LogP contribution in [-0.2, 0) is 16.6 Å². The Morgan fingerprint density at radius 2 is 2.17 bits per heavy atom. The van der Waals surface area contributed by atoms with Gasteiger partial charge in [-0.2, -0.15) is 4.31 Å². The molecule has 2 aromatic rings. The number of aromatic nitrogens is 2. The molecule has 2 heterocycles. The first kappa shape index (κ1) is 16.4. The van der Waals surface area contributed by atoms with Crippen molar-refractivity contribution in [3.8, 4) is 0 Å². The van der Waals surface area contributed by atoms with Crippen LogP contribution in [-0.4, -0.2) is 41.9 Å². The number of hydrogen-bond acceptors (Lipinski definition) is 4. The van der Waals surface area contributed by atoms with E-state index < -0.39 is 10.0 Å². The number of halogens is 1. The second kappa shape index (κ2) is 6.60. The highest BCUT2D eigenvalue weighted by molar-refractivity contribution is 7.89. The fourth-order valence-electron chi connectivity index (χ4n) is 2.75. The molecule has 6 nitrogen and oxygen atoms in total. The summed E-state index contributed by atoms with van der Waals surface area (Å²) in [6.07, 6.45) is 3.11. The largest absolute Gasteiger partial charge is 0.336 e. The van der Waals surface area contributed by atoms with Gasteiger partial charge in [-0.05, 0) is 18.6 Å². The molecule has 1 aliphatic heterocycles. The van der Waals surface area contributed by atoms with E-state index in [4.69, 9.17) is 11.6 Å². The fraction of sp³-hybridized carbons (Fsp3) is 0.400. The van der Waals surface area contributed by atoms with E-state index in [9.17, 15) is 8.42 Å². The lowest BCUT2D eigenvalue weighted by Gasteiger charge is -2.35. The molecule has 1 unspecified atom stereocenters. The van der Waals surface area contributed by atoms with E-state index in [2.05, 4.69) is 10.3 Å². The quantitative estimate of drug-likeness (QED) is 0.910. The minimum atomic E-state index is -3.66. The van der Waals surface area contributed by atoms with Crippen molar-refractivity contribution in [2.45, 2.75) is 24.5 Å². The van der Waals surface area contributed by atoms with Gasteiger partial charge in [0.05, 0.1) is 12.4 Å². The van der Waals surface area contributed by atoms with Gasteiger partial charge < -0.3 is 9.88 Å². The van der Waals surface area contributed by atoms with Crippen molar-refractivity contribution < 1.29 is 8.42 Å². The molecule has 1 aromatic carbocycles. The zero-order valence-electron chi connectivity index (χ0n) is 12.8. The van der Waals surface area contributed by atoms with Gasteiger partial charge in [-0.1, -0.05) is 29.8 Å². The van der Waals surface area contributed by atoms with Crippen molar-refractivity contribution >= 4 is 21.6 Å². The molecule has 0 amide bonds. The number of piperazine rings is 1. The molecule has 1 atom stereocenters. The van der Waals surface area contributed by atoms with Gasteiger partial charge in [0.2, 0.25) is 0 Å². The zero-order chi connectivity index (χ0) is 16.4. The van der Waals surface area contributed by atoms with Gasteiger partial charge in [0, 0.05) is 37.4 Å². The van der Waals surface area contributed by atoms with Crippen LogP contribution >= 0.6 is 11.6 Å². The Morgan fingerprint density at radius 1 is 1.39 bits per heavy atom. The van der Waals surface area contributed by atoms with Gasteiger partial charge in [0.15, 0.2) is 5.03 Å². The van der Waals surface area contributed by atoms with Crippen LogP contribution in [0.4, 0.5) is 0 Å². The van der Waals surface area contributed by atoms with E-state index in [0.717, 1.165) is 5.56 Å². The summed E-state index contributed by atoms with van der Waals surface area (Å²) in [5.41, 5.74) is 0.805. The molecule has 1 aliphatic rings. The molecule has 124 valence electrons. The summed E-state index contributed by atoms with van der Waals surface area (Å²) in [5.74, 6) is 0. The molecule has 0 bridgehead atoms. The van der Waals surface area contributed by atoms with Gasteiger partial charge >= 0.3 is 0 Å². The summed E-state index contributed by atoms with van der Waals surface area (Å²) >= 11 is 6.28. The first-order chi connectivity index (χ1) is 11.0. The Balaban J connectivity index is 1.99. The van der Waals surface area contributed by atoms with Crippen LogP contribution in [0.25, 0.3) is 0 Å². The summed E-state index contributed by atoms with van der Waals surface area (Å²) in [6, 6.07) is 7.01. The molecular weight excluding hydrogens is 336 g/mol. The average Bonchev–Trinajstić information content (AvgIpc) is 3.05. The summed E-state index contributed by atoms with van der Waals surface area (Å²) in [7, 11) is -3.66. The molecule has 23 heavy (non-hydrogen) atoms. The number of aryl methyl sites for hydroxylation is 1. The second-order valence-electron chi connectivity index (χ2n) is 5.40. The number of rotatable bonds is 4. The number of imidazole rings is 1. The number of nitrogens with one attached hydrogen (secondary N) is 1. The highest BCUT2D eigenvalue weighted by Gasteiger charge is 2.36. The second-order valence-corrected chi connectivity index (χ2v) is 7.64. The van der Waals surface area contributed by atoms with E-state index >= 15 is 0 Å². The Labute approximate surface area is 141 Å². The Morgan fingerprint density at radius 3 is 2.87 bits per heavy atom. The fourth-order valence-corrected chi connectivity index (χ4v) is 4.56. The van der Waals surface area contributed by atoms with Gasteiger partial charge in [-0.3, -0.25) is 0 Å². The lowest BCUT2D eigenvalue weighted by atomic mass is 10.1. The Bertz CT molecular complexity index is 790. The van der Waals surface area contributed by atoms with Crippen molar-refractivity contribution in [1.82, 2.24) is 19.2 Å².